The van der Waals surface area contributed by atoms with Crippen LogP contribution < -0.4 is 21.3 Å². The molecule has 19 aromatic rings. The van der Waals surface area contributed by atoms with Crippen LogP contribution in [0.3, 0.4) is 0 Å². The number of aliphatic imine (C=N–C) groups is 2. The number of nitrogens with one attached hydrogen (secondary N) is 4. The molecule has 0 amide bonds. The summed E-state index contributed by atoms with van der Waals surface area (Å²) >= 11 is 3.72. The van der Waals surface area contributed by atoms with Crippen LogP contribution in [-0.4, -0.2) is 11.7 Å². The van der Waals surface area contributed by atoms with Gasteiger partial charge in [-0.3, -0.25) is 10.6 Å². The first-order valence-corrected chi connectivity index (χ1v) is 36.8. The lowest BCUT2D eigenvalue weighted by molar-refractivity contribution is 0.409. The minimum Gasteiger partial charge on any atom is -0.460 e. The van der Waals surface area contributed by atoms with Crippen molar-refractivity contribution in [3.8, 4) is 22.3 Å². The van der Waals surface area contributed by atoms with Gasteiger partial charge < -0.3 is 28.3 Å². The van der Waals surface area contributed by atoms with Crippen LogP contribution in [0.25, 0.3) is 145 Å². The summed E-state index contributed by atoms with van der Waals surface area (Å²) in [5.41, 5.74) is 19.3. The number of hydrogen-bond donors (Lipinski definition) is 4. The maximum Gasteiger partial charge on any atom is 0.136 e. The van der Waals surface area contributed by atoms with Crippen molar-refractivity contribution in [2.75, 3.05) is 0 Å². The highest BCUT2D eigenvalue weighted by Crippen LogP contribution is 2.50. The van der Waals surface area contributed by atoms with Gasteiger partial charge in [0.05, 0.1) is 0 Å². The monoisotopic (exact) mass is 1360 g/mol. The van der Waals surface area contributed by atoms with Gasteiger partial charge in [0.1, 0.15) is 81.2 Å². The zero-order valence-corrected chi connectivity index (χ0v) is 57.1. The van der Waals surface area contributed by atoms with Crippen LogP contribution in [0.4, 0.5) is 0 Å². The zero-order chi connectivity index (χ0) is 67.5. The van der Waals surface area contributed by atoms with Crippen molar-refractivity contribution < 1.29 is 17.7 Å². The molecule has 0 saturated carbocycles. The van der Waals surface area contributed by atoms with Gasteiger partial charge in [0.15, 0.2) is 0 Å². The second-order valence-corrected chi connectivity index (χ2v) is 29.7. The Hall–Kier alpha value is -12.2. The fraction of sp³-hybridized carbons (Fsp3) is 0.0769. The largest absolute Gasteiger partial charge is 0.460 e. The summed E-state index contributed by atoms with van der Waals surface area (Å²) in [4.78, 5) is 10.9. The molecule has 0 bridgehead atoms. The average molecular weight is 1370 g/mol. The van der Waals surface area contributed by atoms with Crippen LogP contribution in [0, 0.1) is 0 Å². The van der Waals surface area contributed by atoms with Gasteiger partial charge in [-0.1, -0.05) is 195 Å². The highest BCUT2D eigenvalue weighted by atomic mass is 32.1. The van der Waals surface area contributed by atoms with E-state index in [9.17, 15) is 0 Å². The van der Waals surface area contributed by atoms with Crippen LogP contribution in [0.15, 0.2) is 307 Å². The van der Waals surface area contributed by atoms with E-state index in [1.165, 1.54) is 57.0 Å². The van der Waals surface area contributed by atoms with Crippen LogP contribution in [0.1, 0.15) is 93.7 Å². The van der Waals surface area contributed by atoms with E-state index in [4.69, 9.17) is 27.7 Å². The highest BCUT2D eigenvalue weighted by molar-refractivity contribution is 7.26. The normalized spacial score (nSPS) is 18.5. The Morgan fingerprint density at radius 1 is 0.340 bits per heavy atom. The summed E-state index contributed by atoms with van der Waals surface area (Å²) in [6, 6.07) is 97.5. The molecule has 0 radical (unpaired) electrons. The van der Waals surface area contributed by atoms with Crippen molar-refractivity contribution in [2.45, 2.75) is 43.4 Å². The predicted molar refractivity (Wildman–Crippen MR) is 424 cm³/mol. The van der Waals surface area contributed by atoms with E-state index in [-0.39, 0.29) is 30.3 Å². The molecule has 103 heavy (non-hydrogen) atoms. The number of furan rings is 4. The molecule has 3 aliphatic rings. The SMILES string of the molecule is CC1c2oc3ccc(C4=NC(c5ccc6c(c5)oc5ccccc56)NC(c5ccccc5)N4)cc3c2C=CC1c1cccc2c1sc1cccc(-c3cccc(C4NC(c5ccc6oc7cc(-c8cccc9c8sc8ccccc89)ccc7c6c5)=NC(c5ccc6oc7ccccc7c6c5)N4)c3)c12. The lowest BCUT2D eigenvalue weighted by atomic mass is 9.80. The van der Waals surface area contributed by atoms with Crippen LogP contribution >= 0.6 is 22.7 Å². The molecular weight excluding hydrogens is 1310 g/mol. The molecule has 6 aromatic heterocycles. The number of hydrogen-bond acceptors (Lipinski definition) is 12. The first-order valence-electron chi connectivity index (χ1n) is 35.1. The van der Waals surface area contributed by atoms with Gasteiger partial charge in [0.25, 0.3) is 0 Å². The number of nitrogens with zero attached hydrogens (tertiary/aromatic N) is 2. The Balaban J connectivity index is 0.588. The standard InChI is InChI=1S/C91H60N6O4S2/c1-49-58(38-39-66-72-46-56(35-42-77(72)101-83(49)66)88-92-86(50-15-3-2-4-16-50)93-91(97-88)57-32-37-63-61-19-5-8-27-73(61)99-79(63)48-57)67-24-13-26-69-82-59(22-14-30-81(82)103-85(67)69)51-17-11-18-53(43-51)87-94-89(54-33-40-75-70(44-54)62-20-6-9-28-74(62)98-75)96-90(95-87)55-34-41-76-71(45-55)64-36-31-52(47-78(64)100-76)60-23-12-25-68-65-21-7-10-29-80(65)102-84(60)68/h2-49,58,86-87,89,91,93-94H,1H3,(H,92,97)(H,95,96). The zero-order valence-electron chi connectivity index (χ0n) is 55.4. The molecule has 10 nitrogen and oxygen atoms in total. The molecule has 4 N–H and O–H groups in total. The first-order chi connectivity index (χ1) is 50.9. The lowest BCUT2D eigenvalue weighted by Gasteiger charge is -2.32. The molecule has 2 aliphatic heterocycles. The smallest absolute Gasteiger partial charge is 0.136 e. The lowest BCUT2D eigenvalue weighted by Crippen LogP contribution is -2.45. The number of benzene rings is 13. The van der Waals surface area contributed by atoms with E-state index in [1.807, 2.05) is 46.9 Å². The van der Waals surface area contributed by atoms with Crippen molar-refractivity contribution in [3.63, 3.8) is 0 Å². The summed E-state index contributed by atoms with van der Waals surface area (Å²) in [5.74, 6) is 2.71. The fourth-order valence-corrected chi connectivity index (χ4v) is 19.1. The van der Waals surface area contributed by atoms with Gasteiger partial charge in [-0.15, -0.1) is 22.7 Å². The average Bonchev–Trinajstić information content (AvgIpc) is 1.61. The van der Waals surface area contributed by atoms with Crippen molar-refractivity contribution >= 4 is 158 Å². The third kappa shape index (κ3) is 9.45. The molecule has 13 aromatic carbocycles. The highest BCUT2D eigenvalue weighted by Gasteiger charge is 2.34. The Morgan fingerprint density at radius 3 is 1.69 bits per heavy atom. The van der Waals surface area contributed by atoms with Crippen molar-refractivity contribution in [3.05, 3.63) is 329 Å². The third-order valence-electron chi connectivity index (χ3n) is 21.6. The third-order valence-corrected chi connectivity index (χ3v) is 24.1. The number of para-hydroxylation sites is 2. The van der Waals surface area contributed by atoms with Crippen LogP contribution in [0.5, 0.6) is 0 Å². The molecule has 22 rings (SSSR count). The fourth-order valence-electron chi connectivity index (χ4n) is 16.6. The van der Waals surface area contributed by atoms with Gasteiger partial charge in [-0.25, -0.2) is 9.98 Å². The molecule has 12 heteroatoms. The maximum atomic E-state index is 6.95. The minimum atomic E-state index is -0.406. The number of amidine groups is 2. The topological polar surface area (TPSA) is 125 Å². The first kappa shape index (κ1) is 58.6. The van der Waals surface area contributed by atoms with Gasteiger partial charge in [0.2, 0.25) is 0 Å². The maximum absolute atomic E-state index is 6.95. The van der Waals surface area contributed by atoms with Crippen LogP contribution in [0.2, 0.25) is 0 Å². The Bertz CT molecular complexity index is 6860. The van der Waals surface area contributed by atoms with Crippen LogP contribution in [-0.2, 0) is 0 Å². The molecule has 0 saturated heterocycles. The molecule has 1 aliphatic carbocycles. The summed E-state index contributed by atoms with van der Waals surface area (Å²) in [6.07, 6.45) is 3.43. The van der Waals surface area contributed by atoms with Gasteiger partial charge in [0, 0.05) is 107 Å². The quantitative estimate of drug-likeness (QED) is 0.113. The summed E-state index contributed by atoms with van der Waals surface area (Å²) < 4.78 is 31.5. The van der Waals surface area contributed by atoms with Gasteiger partial charge >= 0.3 is 0 Å². The van der Waals surface area contributed by atoms with E-state index in [2.05, 4.69) is 289 Å². The summed E-state index contributed by atoms with van der Waals surface area (Å²) in [5, 5.41) is 28.0. The number of allylic oxidation sites excluding steroid dienone is 1. The summed E-state index contributed by atoms with van der Waals surface area (Å²) in [7, 11) is 0. The Labute approximate surface area is 597 Å². The minimum absolute atomic E-state index is 0.0552. The van der Waals surface area contributed by atoms with E-state index >= 15 is 0 Å². The second-order valence-electron chi connectivity index (χ2n) is 27.6. The van der Waals surface area contributed by atoms with Gasteiger partial charge in [-0.05, 0) is 147 Å². The van der Waals surface area contributed by atoms with E-state index in [1.54, 1.807) is 0 Å². The van der Waals surface area contributed by atoms with E-state index in [0.717, 1.165) is 144 Å². The molecule has 8 heterocycles. The molecular formula is C91H60N6O4S2. The number of rotatable bonds is 9. The second kappa shape index (κ2) is 22.9. The predicted octanol–water partition coefficient (Wildman–Crippen LogP) is 23.8. The molecule has 6 unspecified atom stereocenters. The van der Waals surface area contributed by atoms with Crippen molar-refractivity contribution in [2.24, 2.45) is 9.98 Å². The van der Waals surface area contributed by atoms with E-state index < -0.39 is 6.17 Å². The van der Waals surface area contributed by atoms with Crippen molar-refractivity contribution in [1.29, 1.82) is 0 Å². The molecule has 490 valence electrons. The Morgan fingerprint density at radius 2 is 0.874 bits per heavy atom. The number of fused-ring (bicyclic) bond motifs is 18. The molecule has 6 atom stereocenters. The number of thiophene rings is 2. The summed E-state index contributed by atoms with van der Waals surface area (Å²) in [6.45, 7) is 2.32. The van der Waals surface area contributed by atoms with Gasteiger partial charge in [-0.2, -0.15) is 0 Å². The molecule has 0 spiro atoms. The Kier molecular flexibility index (Phi) is 13.1. The molecule has 0 fully saturated rings. The van der Waals surface area contributed by atoms with Crippen molar-refractivity contribution in [1.82, 2.24) is 21.3 Å². The van der Waals surface area contributed by atoms with E-state index in [0.29, 0.717) is 0 Å².